The van der Waals surface area contributed by atoms with E-state index < -0.39 is 0 Å². The van der Waals surface area contributed by atoms with Crippen LogP contribution in [-0.2, 0) is 17.8 Å². The highest BCUT2D eigenvalue weighted by atomic mass is 16.5. The van der Waals surface area contributed by atoms with Crippen LogP contribution in [-0.4, -0.2) is 42.3 Å². The molecule has 1 aliphatic rings. The molecule has 0 atom stereocenters. The van der Waals surface area contributed by atoms with Gasteiger partial charge in [0, 0.05) is 49.8 Å². The molecular formula is C15H21N3O. The first kappa shape index (κ1) is 12.7. The Morgan fingerprint density at radius 3 is 2.74 bits per heavy atom. The lowest BCUT2D eigenvalue weighted by Crippen LogP contribution is -2.38. The van der Waals surface area contributed by atoms with E-state index in [2.05, 4.69) is 39.9 Å². The maximum atomic E-state index is 5.78. The van der Waals surface area contributed by atoms with Crippen LogP contribution in [0.4, 0.5) is 0 Å². The van der Waals surface area contributed by atoms with Crippen LogP contribution in [0.15, 0.2) is 30.5 Å². The Hall–Kier alpha value is -1.36. The van der Waals surface area contributed by atoms with Gasteiger partial charge in [-0.05, 0) is 17.7 Å². The summed E-state index contributed by atoms with van der Waals surface area (Å²) >= 11 is 0. The van der Waals surface area contributed by atoms with Crippen molar-refractivity contribution in [2.75, 3.05) is 32.8 Å². The largest absolute Gasteiger partial charge is 0.379 e. The Kier molecular flexibility index (Phi) is 3.82. The van der Waals surface area contributed by atoms with Gasteiger partial charge in [0.25, 0.3) is 0 Å². The van der Waals surface area contributed by atoms with Crippen molar-refractivity contribution in [1.82, 2.24) is 9.47 Å². The van der Waals surface area contributed by atoms with E-state index in [-0.39, 0.29) is 0 Å². The number of morpholine rings is 1. The van der Waals surface area contributed by atoms with Gasteiger partial charge in [-0.1, -0.05) is 12.1 Å². The van der Waals surface area contributed by atoms with Gasteiger partial charge in [-0.25, -0.2) is 0 Å². The molecule has 102 valence electrons. The molecule has 0 unspecified atom stereocenters. The molecule has 1 aromatic heterocycles. The Morgan fingerprint density at radius 2 is 1.95 bits per heavy atom. The number of ether oxygens (including phenoxy) is 1. The molecule has 19 heavy (non-hydrogen) atoms. The van der Waals surface area contributed by atoms with Crippen molar-refractivity contribution in [3.05, 3.63) is 36.0 Å². The second-order valence-corrected chi connectivity index (χ2v) is 5.02. The van der Waals surface area contributed by atoms with E-state index >= 15 is 0 Å². The molecule has 2 N–H and O–H groups in total. The van der Waals surface area contributed by atoms with E-state index in [4.69, 9.17) is 10.5 Å². The Balaban J connectivity index is 1.74. The highest BCUT2D eigenvalue weighted by Crippen LogP contribution is 2.20. The first-order valence-electron chi connectivity index (χ1n) is 6.95. The molecule has 1 saturated heterocycles. The summed E-state index contributed by atoms with van der Waals surface area (Å²) in [5.41, 5.74) is 8.30. The van der Waals surface area contributed by atoms with Crippen LogP contribution in [0.5, 0.6) is 0 Å². The predicted octanol–water partition coefficient (Wildman–Crippen LogP) is 1.43. The molecule has 1 aliphatic heterocycles. The average Bonchev–Trinajstić information content (AvgIpc) is 2.89. The highest BCUT2D eigenvalue weighted by molar-refractivity contribution is 5.83. The molecule has 2 aromatic rings. The minimum Gasteiger partial charge on any atom is -0.379 e. The molecule has 0 spiro atoms. The molecule has 0 saturated carbocycles. The van der Waals surface area contributed by atoms with Gasteiger partial charge in [-0.3, -0.25) is 4.90 Å². The van der Waals surface area contributed by atoms with Crippen molar-refractivity contribution >= 4 is 10.9 Å². The topological polar surface area (TPSA) is 43.4 Å². The monoisotopic (exact) mass is 259 g/mol. The number of hydrogen-bond acceptors (Lipinski definition) is 3. The fraction of sp³-hybridized carbons (Fsp3) is 0.467. The summed E-state index contributed by atoms with van der Waals surface area (Å²) in [4.78, 5) is 2.46. The molecule has 0 bridgehead atoms. The van der Waals surface area contributed by atoms with Gasteiger partial charge in [0.15, 0.2) is 0 Å². The van der Waals surface area contributed by atoms with E-state index in [1.54, 1.807) is 0 Å². The summed E-state index contributed by atoms with van der Waals surface area (Å²) in [6, 6.07) is 8.55. The fourth-order valence-corrected chi connectivity index (χ4v) is 2.73. The maximum Gasteiger partial charge on any atom is 0.0594 e. The number of fused-ring (bicyclic) bond motifs is 1. The van der Waals surface area contributed by atoms with Crippen LogP contribution in [0.25, 0.3) is 10.9 Å². The average molecular weight is 259 g/mol. The van der Waals surface area contributed by atoms with E-state index in [1.807, 2.05) is 0 Å². The summed E-state index contributed by atoms with van der Waals surface area (Å²) in [6.07, 6.45) is 2.17. The van der Waals surface area contributed by atoms with Crippen LogP contribution in [0.3, 0.4) is 0 Å². The Morgan fingerprint density at radius 1 is 1.11 bits per heavy atom. The smallest absolute Gasteiger partial charge is 0.0594 e. The number of nitrogens with zero attached hydrogens (tertiary/aromatic N) is 2. The van der Waals surface area contributed by atoms with Crippen LogP contribution < -0.4 is 5.73 Å². The number of rotatable bonds is 4. The van der Waals surface area contributed by atoms with Gasteiger partial charge in [-0.15, -0.1) is 0 Å². The second-order valence-electron chi connectivity index (χ2n) is 5.02. The SMILES string of the molecule is NCc1cccc2c1ccn2CCN1CCOCC1. The van der Waals surface area contributed by atoms with Crippen LogP contribution in [0, 0.1) is 0 Å². The lowest BCUT2D eigenvalue weighted by Gasteiger charge is -2.26. The number of aromatic nitrogens is 1. The van der Waals surface area contributed by atoms with Crippen LogP contribution in [0.1, 0.15) is 5.56 Å². The quantitative estimate of drug-likeness (QED) is 0.903. The van der Waals surface area contributed by atoms with Gasteiger partial charge < -0.3 is 15.0 Å². The molecule has 0 radical (unpaired) electrons. The molecular weight excluding hydrogens is 238 g/mol. The highest BCUT2D eigenvalue weighted by Gasteiger charge is 2.10. The van der Waals surface area contributed by atoms with Crippen molar-refractivity contribution in [2.24, 2.45) is 5.73 Å². The Labute approximate surface area is 113 Å². The maximum absolute atomic E-state index is 5.78. The van der Waals surface area contributed by atoms with Crippen molar-refractivity contribution < 1.29 is 4.74 Å². The standard InChI is InChI=1S/C15H21N3O/c16-12-13-2-1-3-15-14(13)4-5-18(15)7-6-17-8-10-19-11-9-17/h1-5H,6-12,16H2. The molecule has 1 fully saturated rings. The molecule has 3 rings (SSSR count). The zero-order valence-corrected chi connectivity index (χ0v) is 11.2. The molecule has 4 nitrogen and oxygen atoms in total. The van der Waals surface area contributed by atoms with Crippen LogP contribution >= 0.6 is 0 Å². The molecule has 1 aromatic carbocycles. The minimum atomic E-state index is 0.602. The zero-order valence-electron chi connectivity index (χ0n) is 11.2. The normalized spacial score (nSPS) is 17.1. The molecule has 0 aliphatic carbocycles. The van der Waals surface area contributed by atoms with Crippen LogP contribution in [0.2, 0.25) is 0 Å². The van der Waals surface area contributed by atoms with E-state index in [9.17, 15) is 0 Å². The minimum absolute atomic E-state index is 0.602. The number of hydrogen-bond donors (Lipinski definition) is 1. The molecule has 4 heteroatoms. The van der Waals surface area contributed by atoms with E-state index in [1.165, 1.54) is 16.5 Å². The first-order chi connectivity index (χ1) is 9.38. The fourth-order valence-electron chi connectivity index (χ4n) is 2.73. The third kappa shape index (κ3) is 2.66. The van der Waals surface area contributed by atoms with Gasteiger partial charge in [0.05, 0.1) is 13.2 Å². The first-order valence-corrected chi connectivity index (χ1v) is 6.95. The third-order valence-corrected chi connectivity index (χ3v) is 3.88. The summed E-state index contributed by atoms with van der Waals surface area (Å²) in [5, 5.41) is 1.28. The van der Waals surface area contributed by atoms with E-state index in [0.717, 1.165) is 39.4 Å². The van der Waals surface area contributed by atoms with Crippen molar-refractivity contribution in [3.63, 3.8) is 0 Å². The lowest BCUT2D eigenvalue weighted by atomic mass is 10.1. The number of nitrogens with two attached hydrogens (primary N) is 1. The lowest BCUT2D eigenvalue weighted by molar-refractivity contribution is 0.0365. The summed E-state index contributed by atoms with van der Waals surface area (Å²) < 4.78 is 7.70. The zero-order chi connectivity index (χ0) is 13.1. The second kappa shape index (κ2) is 5.74. The van der Waals surface area contributed by atoms with Gasteiger partial charge >= 0.3 is 0 Å². The molecule has 2 heterocycles. The number of benzene rings is 1. The van der Waals surface area contributed by atoms with Crippen molar-refractivity contribution in [3.8, 4) is 0 Å². The predicted molar refractivity (Wildman–Crippen MR) is 77.1 cm³/mol. The Bertz CT molecular complexity index is 543. The van der Waals surface area contributed by atoms with E-state index in [0.29, 0.717) is 6.54 Å². The third-order valence-electron chi connectivity index (χ3n) is 3.88. The molecule has 0 amide bonds. The summed E-state index contributed by atoms with van der Waals surface area (Å²) in [6.45, 7) is 6.54. The van der Waals surface area contributed by atoms with Crippen molar-refractivity contribution in [1.29, 1.82) is 0 Å². The summed E-state index contributed by atoms with van der Waals surface area (Å²) in [7, 11) is 0. The van der Waals surface area contributed by atoms with Gasteiger partial charge in [0.1, 0.15) is 0 Å². The van der Waals surface area contributed by atoms with Gasteiger partial charge in [0.2, 0.25) is 0 Å². The summed E-state index contributed by atoms with van der Waals surface area (Å²) in [5.74, 6) is 0. The van der Waals surface area contributed by atoms with Crippen molar-refractivity contribution in [2.45, 2.75) is 13.1 Å². The van der Waals surface area contributed by atoms with Gasteiger partial charge in [-0.2, -0.15) is 0 Å².